The summed E-state index contributed by atoms with van der Waals surface area (Å²) in [6, 6.07) is 0. The summed E-state index contributed by atoms with van der Waals surface area (Å²) < 4.78 is 0. The number of hydrogen-bond acceptors (Lipinski definition) is 2. The molecule has 2 saturated carbocycles. The number of carbonyl (C=O) groups excluding carboxylic acids is 2. The Hall–Kier alpha value is -0.660. The van der Waals surface area contributed by atoms with Crippen molar-refractivity contribution in [1.82, 2.24) is 0 Å². The molecule has 0 aromatic heterocycles. The van der Waals surface area contributed by atoms with Gasteiger partial charge in [0.15, 0.2) is 0 Å². The fraction of sp³-hybridized carbons (Fsp3) is 0.800. The quantitative estimate of drug-likeness (QED) is 0.547. The van der Waals surface area contributed by atoms with Gasteiger partial charge in [0, 0.05) is 23.7 Å². The van der Waals surface area contributed by atoms with Gasteiger partial charge in [0.2, 0.25) is 0 Å². The highest BCUT2D eigenvalue weighted by Gasteiger charge is 2.65. The highest BCUT2D eigenvalue weighted by Crippen LogP contribution is 2.60. The van der Waals surface area contributed by atoms with Crippen molar-refractivity contribution in [2.24, 2.45) is 16.7 Å². The molecule has 0 aliphatic heterocycles. The number of hydrogen-bond donors (Lipinski definition) is 0. The molecule has 2 aliphatic rings. The van der Waals surface area contributed by atoms with Crippen molar-refractivity contribution in [3.8, 4) is 0 Å². The molecule has 0 aromatic rings. The predicted octanol–water partition coefficient (Wildman–Crippen LogP) is 1.58. The zero-order valence-corrected chi connectivity index (χ0v) is 7.81. The molecule has 2 aliphatic carbocycles. The minimum Gasteiger partial charge on any atom is -0.299 e. The molecule has 0 N–H and O–H groups in total. The molecule has 2 heteroatoms. The van der Waals surface area contributed by atoms with Crippen molar-refractivity contribution in [2.75, 3.05) is 0 Å². The van der Waals surface area contributed by atoms with E-state index in [1.807, 2.05) is 20.8 Å². The molecule has 2 rings (SSSR count). The first-order valence-corrected chi connectivity index (χ1v) is 4.45. The first kappa shape index (κ1) is 7.96. The molecule has 0 radical (unpaired) electrons. The molecular formula is C10H14O2. The zero-order valence-electron chi connectivity index (χ0n) is 7.81. The lowest BCUT2D eigenvalue weighted by Gasteiger charge is -2.44. The van der Waals surface area contributed by atoms with Gasteiger partial charge in [0.1, 0.15) is 11.6 Å². The monoisotopic (exact) mass is 166 g/mol. The highest BCUT2D eigenvalue weighted by molar-refractivity contribution is 6.02. The highest BCUT2D eigenvalue weighted by atomic mass is 16.1. The van der Waals surface area contributed by atoms with Crippen molar-refractivity contribution < 1.29 is 9.59 Å². The maximum absolute atomic E-state index is 11.6. The van der Waals surface area contributed by atoms with Crippen molar-refractivity contribution in [1.29, 1.82) is 0 Å². The first-order valence-electron chi connectivity index (χ1n) is 4.45. The Kier molecular flexibility index (Phi) is 1.20. The Balaban J connectivity index is 2.40. The average Bonchev–Trinajstić information content (AvgIpc) is 2.10. The van der Waals surface area contributed by atoms with Gasteiger partial charge in [-0.1, -0.05) is 20.8 Å². The first-order chi connectivity index (χ1) is 5.39. The van der Waals surface area contributed by atoms with E-state index in [1.165, 1.54) is 0 Å². The summed E-state index contributed by atoms with van der Waals surface area (Å²) >= 11 is 0. The Morgan fingerprint density at radius 3 is 2.08 bits per heavy atom. The van der Waals surface area contributed by atoms with E-state index in [-0.39, 0.29) is 22.4 Å². The SMILES string of the molecule is CC1(C)C(=O)CC2(C)C(=O)CC12. The van der Waals surface area contributed by atoms with Gasteiger partial charge in [-0.15, -0.1) is 0 Å². The summed E-state index contributed by atoms with van der Waals surface area (Å²) in [6.45, 7) is 5.88. The second-order valence-electron chi connectivity index (χ2n) is 4.92. The standard InChI is InChI=1S/C10H14O2/c1-9(2)6-4-7(11)10(6,3)5-8(9)12/h6H,4-5H2,1-3H3. The van der Waals surface area contributed by atoms with Crippen LogP contribution < -0.4 is 0 Å². The second kappa shape index (κ2) is 1.81. The van der Waals surface area contributed by atoms with Crippen LogP contribution in [0.5, 0.6) is 0 Å². The summed E-state index contributed by atoms with van der Waals surface area (Å²) in [6.07, 6.45) is 1.10. The molecular weight excluding hydrogens is 152 g/mol. The van der Waals surface area contributed by atoms with Crippen LogP contribution in [0.25, 0.3) is 0 Å². The van der Waals surface area contributed by atoms with Gasteiger partial charge in [0.05, 0.1) is 0 Å². The fourth-order valence-electron chi connectivity index (χ4n) is 2.74. The van der Waals surface area contributed by atoms with Gasteiger partial charge in [-0.05, 0) is 5.92 Å². The molecule has 2 unspecified atom stereocenters. The van der Waals surface area contributed by atoms with Crippen LogP contribution in [0.1, 0.15) is 33.6 Å². The van der Waals surface area contributed by atoms with E-state index in [4.69, 9.17) is 0 Å². The molecule has 66 valence electrons. The maximum atomic E-state index is 11.6. The average molecular weight is 166 g/mol. The van der Waals surface area contributed by atoms with E-state index in [2.05, 4.69) is 0 Å². The van der Waals surface area contributed by atoms with Crippen LogP contribution in [0.3, 0.4) is 0 Å². The topological polar surface area (TPSA) is 34.1 Å². The number of carbonyl (C=O) groups is 2. The molecule has 0 amide bonds. The molecule has 0 spiro atoms. The number of rotatable bonds is 0. The molecule has 0 bridgehead atoms. The smallest absolute Gasteiger partial charge is 0.139 e. The van der Waals surface area contributed by atoms with Crippen LogP contribution in [0.15, 0.2) is 0 Å². The third kappa shape index (κ3) is 0.621. The van der Waals surface area contributed by atoms with Gasteiger partial charge < -0.3 is 0 Å². The van der Waals surface area contributed by atoms with Crippen molar-refractivity contribution in [3.63, 3.8) is 0 Å². The molecule has 0 heterocycles. The van der Waals surface area contributed by atoms with Crippen molar-refractivity contribution in [3.05, 3.63) is 0 Å². The van der Waals surface area contributed by atoms with E-state index >= 15 is 0 Å². The normalized spacial score (nSPS) is 44.1. The Morgan fingerprint density at radius 2 is 1.75 bits per heavy atom. The van der Waals surface area contributed by atoms with Gasteiger partial charge in [-0.25, -0.2) is 0 Å². The Labute approximate surface area is 72.3 Å². The van der Waals surface area contributed by atoms with E-state index < -0.39 is 0 Å². The lowest BCUT2D eigenvalue weighted by molar-refractivity contribution is -0.145. The zero-order chi connectivity index (χ0) is 9.15. The number of ketones is 2. The van der Waals surface area contributed by atoms with Crippen LogP contribution in [0, 0.1) is 16.7 Å². The second-order valence-corrected chi connectivity index (χ2v) is 4.92. The van der Waals surface area contributed by atoms with Crippen molar-refractivity contribution in [2.45, 2.75) is 33.6 Å². The summed E-state index contributed by atoms with van der Waals surface area (Å²) in [4.78, 5) is 22.9. The minimum absolute atomic E-state index is 0.247. The van der Waals surface area contributed by atoms with E-state index in [9.17, 15) is 9.59 Å². The molecule has 0 aromatic carbocycles. The van der Waals surface area contributed by atoms with E-state index in [1.54, 1.807) is 0 Å². The van der Waals surface area contributed by atoms with Gasteiger partial charge in [-0.2, -0.15) is 0 Å². The van der Waals surface area contributed by atoms with Crippen LogP contribution in [0.2, 0.25) is 0 Å². The van der Waals surface area contributed by atoms with Gasteiger partial charge >= 0.3 is 0 Å². The number of Topliss-reactive ketones (excluding diaryl/α,β-unsaturated/α-hetero) is 2. The summed E-state index contributed by atoms with van der Waals surface area (Å²) in [5.41, 5.74) is -0.538. The Bertz CT molecular complexity index is 278. The third-order valence-electron chi connectivity index (χ3n) is 3.91. The Morgan fingerprint density at radius 1 is 1.17 bits per heavy atom. The van der Waals surface area contributed by atoms with E-state index in [0.29, 0.717) is 18.8 Å². The van der Waals surface area contributed by atoms with Gasteiger partial charge in [0.25, 0.3) is 0 Å². The summed E-state index contributed by atoms with van der Waals surface area (Å²) in [5, 5.41) is 0. The van der Waals surface area contributed by atoms with E-state index in [0.717, 1.165) is 0 Å². The summed E-state index contributed by atoms with van der Waals surface area (Å²) in [5.74, 6) is 0.859. The molecule has 2 atom stereocenters. The lowest BCUT2D eigenvalue weighted by Crippen LogP contribution is -2.48. The van der Waals surface area contributed by atoms with Gasteiger partial charge in [-0.3, -0.25) is 9.59 Å². The third-order valence-corrected chi connectivity index (χ3v) is 3.91. The number of fused-ring (bicyclic) bond motifs is 1. The summed E-state index contributed by atoms with van der Waals surface area (Å²) in [7, 11) is 0. The van der Waals surface area contributed by atoms with Crippen LogP contribution in [-0.4, -0.2) is 11.6 Å². The largest absolute Gasteiger partial charge is 0.299 e. The van der Waals surface area contributed by atoms with Crippen molar-refractivity contribution >= 4 is 11.6 Å². The predicted molar refractivity (Wildman–Crippen MR) is 44.6 cm³/mol. The fourth-order valence-corrected chi connectivity index (χ4v) is 2.74. The minimum atomic E-state index is -0.291. The molecule has 0 saturated heterocycles. The van der Waals surface area contributed by atoms with Crippen LogP contribution in [0.4, 0.5) is 0 Å². The molecule has 2 nitrogen and oxygen atoms in total. The molecule has 2 fully saturated rings. The molecule has 12 heavy (non-hydrogen) atoms. The van der Waals surface area contributed by atoms with Crippen LogP contribution in [-0.2, 0) is 9.59 Å². The maximum Gasteiger partial charge on any atom is 0.139 e. The lowest BCUT2D eigenvalue weighted by atomic mass is 9.57. The van der Waals surface area contributed by atoms with Crippen LogP contribution >= 0.6 is 0 Å².